The Morgan fingerprint density at radius 1 is 0.767 bits per heavy atom. The van der Waals surface area contributed by atoms with E-state index in [1.165, 1.54) is 0 Å². The number of ether oxygens (including phenoxy) is 2. The first-order chi connectivity index (χ1) is 14.7. The second-order valence-electron chi connectivity index (χ2n) is 6.61. The van der Waals surface area contributed by atoms with Crippen LogP contribution in [0.15, 0.2) is 58.7 Å². The minimum Gasteiger partial charge on any atom is -0.494 e. The first kappa shape index (κ1) is 22.9. The number of amides is 2. The van der Waals surface area contributed by atoms with Crippen molar-refractivity contribution in [3.63, 3.8) is 0 Å². The molecule has 2 aromatic rings. The van der Waals surface area contributed by atoms with Crippen LogP contribution in [-0.4, -0.2) is 31.7 Å². The minimum atomic E-state index is -0.526. The van der Waals surface area contributed by atoms with Crippen molar-refractivity contribution in [3.05, 3.63) is 59.7 Å². The number of unbranched alkanes of at least 4 members (excludes halogenated alkanes) is 2. The first-order valence-corrected chi connectivity index (χ1v) is 10.3. The number of benzene rings is 2. The highest BCUT2D eigenvalue weighted by molar-refractivity contribution is 5.83. The summed E-state index contributed by atoms with van der Waals surface area (Å²) in [5.41, 5.74) is 6.43. The smallest absolute Gasteiger partial charge is 0.355 e. The number of carbonyl (C=O) groups is 1. The largest absolute Gasteiger partial charge is 0.494 e. The van der Waals surface area contributed by atoms with Crippen LogP contribution in [0.2, 0.25) is 0 Å². The zero-order valence-electron chi connectivity index (χ0n) is 17.6. The molecule has 7 nitrogen and oxygen atoms in total. The summed E-state index contributed by atoms with van der Waals surface area (Å²) in [7, 11) is 0. The van der Waals surface area contributed by atoms with E-state index in [-0.39, 0.29) is 0 Å². The predicted molar refractivity (Wildman–Crippen MR) is 121 cm³/mol. The van der Waals surface area contributed by atoms with Crippen LogP contribution in [0.4, 0.5) is 4.79 Å². The lowest BCUT2D eigenvalue weighted by atomic mass is 10.2. The summed E-state index contributed by atoms with van der Waals surface area (Å²) in [4.78, 5) is 11.7. The Balaban J connectivity index is 1.70. The molecule has 0 atom stereocenters. The number of carbonyl (C=O) groups excluding carboxylic acids is 1. The second-order valence-corrected chi connectivity index (χ2v) is 6.61. The molecule has 0 spiro atoms. The third-order valence-corrected chi connectivity index (χ3v) is 4.05. The van der Waals surface area contributed by atoms with E-state index in [9.17, 15) is 4.79 Å². The van der Waals surface area contributed by atoms with E-state index in [1.807, 2.05) is 48.5 Å². The zero-order chi connectivity index (χ0) is 21.4. The van der Waals surface area contributed by atoms with Gasteiger partial charge in [-0.3, -0.25) is 0 Å². The number of hydrazone groups is 2. The summed E-state index contributed by atoms with van der Waals surface area (Å²) in [6.45, 7) is 5.67. The molecular formula is C23H30N4O3. The van der Waals surface area contributed by atoms with Crippen molar-refractivity contribution in [1.82, 2.24) is 10.9 Å². The van der Waals surface area contributed by atoms with E-state index < -0.39 is 6.03 Å². The van der Waals surface area contributed by atoms with Gasteiger partial charge >= 0.3 is 6.03 Å². The Labute approximate surface area is 178 Å². The summed E-state index contributed by atoms with van der Waals surface area (Å²) in [5, 5.41) is 7.80. The molecule has 0 aliphatic heterocycles. The Morgan fingerprint density at radius 2 is 1.17 bits per heavy atom. The molecule has 0 saturated carbocycles. The normalized spacial score (nSPS) is 11.0. The molecule has 0 aliphatic rings. The van der Waals surface area contributed by atoms with Crippen molar-refractivity contribution in [3.8, 4) is 11.5 Å². The van der Waals surface area contributed by atoms with Crippen LogP contribution >= 0.6 is 0 Å². The molecule has 2 rings (SSSR count). The first-order valence-electron chi connectivity index (χ1n) is 10.3. The van der Waals surface area contributed by atoms with Gasteiger partial charge in [-0.2, -0.15) is 10.2 Å². The highest BCUT2D eigenvalue weighted by Crippen LogP contribution is 2.12. The molecule has 0 unspecified atom stereocenters. The highest BCUT2D eigenvalue weighted by atomic mass is 16.5. The van der Waals surface area contributed by atoms with E-state index in [0.29, 0.717) is 13.2 Å². The maximum absolute atomic E-state index is 11.7. The van der Waals surface area contributed by atoms with E-state index in [2.05, 4.69) is 34.9 Å². The maximum atomic E-state index is 11.7. The number of hydrogen-bond donors (Lipinski definition) is 2. The van der Waals surface area contributed by atoms with Gasteiger partial charge in [-0.1, -0.05) is 26.7 Å². The molecule has 0 saturated heterocycles. The average molecular weight is 411 g/mol. The number of rotatable bonds is 12. The third kappa shape index (κ3) is 9.23. The van der Waals surface area contributed by atoms with Crippen molar-refractivity contribution in [2.24, 2.45) is 10.2 Å². The molecule has 0 aromatic heterocycles. The molecule has 2 N–H and O–H groups in total. The van der Waals surface area contributed by atoms with Gasteiger partial charge < -0.3 is 9.47 Å². The van der Waals surface area contributed by atoms with Gasteiger partial charge in [0.15, 0.2) is 0 Å². The molecule has 0 radical (unpaired) electrons. The average Bonchev–Trinajstić information content (AvgIpc) is 2.76. The quantitative estimate of drug-likeness (QED) is 0.302. The lowest BCUT2D eigenvalue weighted by Crippen LogP contribution is -2.28. The van der Waals surface area contributed by atoms with Crippen LogP contribution in [-0.2, 0) is 0 Å². The van der Waals surface area contributed by atoms with Gasteiger partial charge in [0.05, 0.1) is 25.6 Å². The van der Waals surface area contributed by atoms with Gasteiger partial charge in [0, 0.05) is 0 Å². The summed E-state index contributed by atoms with van der Waals surface area (Å²) < 4.78 is 11.2. The van der Waals surface area contributed by atoms with Crippen molar-refractivity contribution >= 4 is 18.5 Å². The van der Waals surface area contributed by atoms with Gasteiger partial charge in [-0.15, -0.1) is 0 Å². The van der Waals surface area contributed by atoms with Crippen molar-refractivity contribution in [2.45, 2.75) is 39.5 Å². The molecular weight excluding hydrogens is 380 g/mol. The highest BCUT2D eigenvalue weighted by Gasteiger charge is 1.97. The summed E-state index contributed by atoms with van der Waals surface area (Å²) in [5.74, 6) is 1.64. The van der Waals surface area contributed by atoms with E-state index in [1.54, 1.807) is 12.4 Å². The van der Waals surface area contributed by atoms with E-state index >= 15 is 0 Å². The fourth-order valence-electron chi connectivity index (χ4n) is 2.32. The Bertz CT molecular complexity index is 735. The van der Waals surface area contributed by atoms with Crippen molar-refractivity contribution < 1.29 is 14.3 Å². The molecule has 30 heavy (non-hydrogen) atoms. The van der Waals surface area contributed by atoms with E-state index in [4.69, 9.17) is 9.47 Å². The van der Waals surface area contributed by atoms with Gasteiger partial charge in [0.1, 0.15) is 11.5 Å². The molecule has 0 heterocycles. The Kier molecular flexibility index (Phi) is 10.5. The predicted octanol–water partition coefficient (Wildman–Crippen LogP) is 4.71. The second kappa shape index (κ2) is 13.8. The fourth-order valence-corrected chi connectivity index (χ4v) is 2.32. The number of nitrogens with one attached hydrogen (secondary N) is 2. The van der Waals surface area contributed by atoms with Gasteiger partial charge in [0.2, 0.25) is 0 Å². The lowest BCUT2D eigenvalue weighted by Gasteiger charge is -2.05. The number of nitrogens with zero attached hydrogens (tertiary/aromatic N) is 2. The van der Waals surface area contributed by atoms with E-state index in [0.717, 1.165) is 48.3 Å². The topological polar surface area (TPSA) is 84.3 Å². The lowest BCUT2D eigenvalue weighted by molar-refractivity contribution is 0.242. The molecule has 2 amide bonds. The third-order valence-electron chi connectivity index (χ3n) is 4.05. The van der Waals surface area contributed by atoms with Gasteiger partial charge in [-0.05, 0) is 72.5 Å². The Hall–Kier alpha value is -3.35. The van der Waals surface area contributed by atoms with Gasteiger partial charge in [-0.25, -0.2) is 15.6 Å². The van der Waals surface area contributed by atoms with Crippen molar-refractivity contribution in [1.29, 1.82) is 0 Å². The summed E-state index contributed by atoms with van der Waals surface area (Å²) in [6, 6.07) is 14.5. The molecule has 7 heteroatoms. The Morgan fingerprint density at radius 3 is 1.53 bits per heavy atom. The van der Waals surface area contributed by atoms with Crippen LogP contribution in [0, 0.1) is 0 Å². The molecule has 2 aromatic carbocycles. The zero-order valence-corrected chi connectivity index (χ0v) is 17.6. The molecule has 160 valence electrons. The minimum absolute atomic E-state index is 0.526. The van der Waals surface area contributed by atoms with Crippen LogP contribution in [0.3, 0.4) is 0 Å². The molecule has 0 bridgehead atoms. The summed E-state index contributed by atoms with van der Waals surface area (Å²) in [6.07, 6.45) is 7.37. The standard InChI is InChI=1S/C23H30N4O3/c1-3-5-15-29-21-11-7-19(8-12-21)17-24-26-23(28)27-25-18-20-9-13-22(14-10-20)30-16-6-4-2/h7-14,17-18H,3-6,15-16H2,1-2H3,(H2,26,27,28)/b24-17+,25-18+. The van der Waals surface area contributed by atoms with Crippen LogP contribution in [0.1, 0.15) is 50.7 Å². The van der Waals surface area contributed by atoms with Crippen molar-refractivity contribution in [2.75, 3.05) is 13.2 Å². The van der Waals surface area contributed by atoms with Crippen LogP contribution < -0.4 is 20.3 Å². The number of urea groups is 1. The van der Waals surface area contributed by atoms with Crippen LogP contribution in [0.5, 0.6) is 11.5 Å². The monoisotopic (exact) mass is 410 g/mol. The number of hydrogen-bond acceptors (Lipinski definition) is 5. The summed E-state index contributed by atoms with van der Waals surface area (Å²) >= 11 is 0. The molecule has 0 aliphatic carbocycles. The van der Waals surface area contributed by atoms with Gasteiger partial charge in [0.25, 0.3) is 0 Å². The molecule has 0 fully saturated rings. The SMILES string of the molecule is CCCCOc1ccc(/C=N/NC(=O)N/N=C/c2ccc(OCCCC)cc2)cc1. The maximum Gasteiger partial charge on any atom is 0.355 e. The van der Waals surface area contributed by atoms with Crippen LogP contribution in [0.25, 0.3) is 0 Å². The fraction of sp³-hybridized carbons (Fsp3) is 0.348.